The molecule has 3 N–H and O–H groups in total. The zero-order valence-corrected chi connectivity index (χ0v) is 19.6. The number of nitrogens with zero attached hydrogens (tertiary/aromatic N) is 2. The lowest BCUT2D eigenvalue weighted by atomic mass is 9.49. The third-order valence-electron chi connectivity index (χ3n) is 8.56. The van der Waals surface area contributed by atoms with Crippen LogP contribution in [0.2, 0.25) is 0 Å². The third kappa shape index (κ3) is 4.01. The van der Waals surface area contributed by atoms with Gasteiger partial charge in [0, 0.05) is 29.2 Å². The predicted octanol–water partition coefficient (Wildman–Crippen LogP) is 4.98. The van der Waals surface area contributed by atoms with Crippen LogP contribution in [0.4, 0.5) is 4.39 Å². The molecule has 2 aromatic carbocycles. The molecule has 3 aromatic rings. The Hall–Kier alpha value is -3.19. The fourth-order valence-corrected chi connectivity index (χ4v) is 7.53. The Labute approximate surface area is 203 Å². The minimum absolute atomic E-state index is 0.0144. The van der Waals surface area contributed by atoms with E-state index in [1.165, 1.54) is 31.4 Å². The minimum atomic E-state index is -0.671. The Morgan fingerprint density at radius 1 is 1.03 bits per heavy atom. The molecule has 1 heterocycles. The van der Waals surface area contributed by atoms with Crippen molar-refractivity contribution in [2.45, 2.75) is 45.1 Å². The smallest absolute Gasteiger partial charge is 0.280 e. The largest absolute Gasteiger partial charge is 0.366 e. The van der Waals surface area contributed by atoms with Gasteiger partial charge in [-0.05, 0) is 104 Å². The Bertz CT molecular complexity index is 1290. The van der Waals surface area contributed by atoms with Crippen LogP contribution in [0, 0.1) is 29.0 Å². The summed E-state index contributed by atoms with van der Waals surface area (Å²) >= 11 is 0. The van der Waals surface area contributed by atoms with Gasteiger partial charge in [0.05, 0.1) is 12.1 Å². The van der Waals surface area contributed by atoms with Crippen molar-refractivity contribution in [1.82, 2.24) is 9.63 Å². The van der Waals surface area contributed by atoms with Crippen LogP contribution in [0.3, 0.4) is 0 Å². The Morgan fingerprint density at radius 3 is 2.34 bits per heavy atom. The molecule has 4 bridgehead atoms. The van der Waals surface area contributed by atoms with Crippen LogP contribution in [0.25, 0.3) is 10.9 Å². The molecule has 182 valence electrons. The quantitative estimate of drug-likeness (QED) is 0.389. The van der Waals surface area contributed by atoms with Crippen LogP contribution in [0.5, 0.6) is 0 Å². The van der Waals surface area contributed by atoms with Gasteiger partial charge in [-0.15, -0.1) is 0 Å². The topological polar surface area (TPSA) is 88.6 Å². The summed E-state index contributed by atoms with van der Waals surface area (Å²) in [5.41, 5.74) is 7.27. The van der Waals surface area contributed by atoms with Crippen LogP contribution >= 0.6 is 0 Å². The van der Waals surface area contributed by atoms with Crippen molar-refractivity contribution < 1.29 is 19.2 Å². The molecule has 6 nitrogen and oxygen atoms in total. The molecule has 0 spiro atoms. The van der Waals surface area contributed by atoms with Crippen molar-refractivity contribution in [1.29, 1.82) is 0 Å². The molecule has 0 atom stereocenters. The summed E-state index contributed by atoms with van der Waals surface area (Å²) in [5.74, 6) is 0.358. The molecule has 4 aliphatic rings. The molecule has 4 aliphatic carbocycles. The van der Waals surface area contributed by atoms with Crippen LogP contribution < -0.4 is 5.73 Å². The predicted molar refractivity (Wildman–Crippen MR) is 129 cm³/mol. The molecule has 2 amide bonds. The van der Waals surface area contributed by atoms with E-state index in [9.17, 15) is 14.8 Å². The highest BCUT2D eigenvalue weighted by atomic mass is 19.1. The van der Waals surface area contributed by atoms with E-state index in [1.807, 2.05) is 22.9 Å². The minimum Gasteiger partial charge on any atom is -0.366 e. The number of carbonyl (C=O) groups is 2. The number of aromatic nitrogens is 1. The van der Waals surface area contributed by atoms with Crippen LogP contribution in [0.15, 0.2) is 48.7 Å². The molecule has 35 heavy (non-hydrogen) atoms. The lowest BCUT2D eigenvalue weighted by Gasteiger charge is -2.57. The second-order valence-corrected chi connectivity index (χ2v) is 11.2. The van der Waals surface area contributed by atoms with Crippen LogP contribution in [-0.2, 0) is 6.54 Å². The number of amides is 2. The number of fused-ring (bicyclic) bond motifs is 1. The lowest BCUT2D eigenvalue weighted by Crippen LogP contribution is -2.51. The van der Waals surface area contributed by atoms with Crippen molar-refractivity contribution in [3.05, 3.63) is 71.2 Å². The molecule has 0 unspecified atom stereocenters. The van der Waals surface area contributed by atoms with Crippen LogP contribution in [0.1, 0.15) is 64.8 Å². The van der Waals surface area contributed by atoms with E-state index in [2.05, 4.69) is 0 Å². The summed E-state index contributed by atoms with van der Waals surface area (Å²) in [5, 5.41) is 12.3. The summed E-state index contributed by atoms with van der Waals surface area (Å²) in [6.07, 6.45) is 8.93. The SMILES string of the molecule is NC(=O)c1ccc2c(ccn2Cc2ccc(C(=O)N(O)CC34CC5CC(CC(C5)C3)C4)c(F)c2)c1. The van der Waals surface area contributed by atoms with Crippen molar-refractivity contribution in [2.75, 3.05) is 6.54 Å². The van der Waals surface area contributed by atoms with Crippen molar-refractivity contribution in [3.8, 4) is 0 Å². The number of hydrogen-bond acceptors (Lipinski definition) is 3. The molecule has 4 fully saturated rings. The number of benzene rings is 2. The van der Waals surface area contributed by atoms with E-state index in [0.717, 1.165) is 35.2 Å². The Kier molecular flexibility index (Phi) is 5.22. The van der Waals surface area contributed by atoms with E-state index in [0.29, 0.717) is 42.0 Å². The summed E-state index contributed by atoms with van der Waals surface area (Å²) in [7, 11) is 0. The average Bonchev–Trinajstić information content (AvgIpc) is 3.19. The van der Waals surface area contributed by atoms with Crippen molar-refractivity contribution >= 4 is 22.7 Å². The molecular weight excluding hydrogens is 445 g/mol. The zero-order valence-electron chi connectivity index (χ0n) is 19.6. The molecule has 0 aliphatic heterocycles. The van der Waals surface area contributed by atoms with Gasteiger partial charge in [0.25, 0.3) is 5.91 Å². The lowest BCUT2D eigenvalue weighted by molar-refractivity contribution is -0.130. The fourth-order valence-electron chi connectivity index (χ4n) is 7.53. The molecule has 7 heteroatoms. The number of primary amides is 1. The number of hydrogen-bond donors (Lipinski definition) is 2. The second-order valence-electron chi connectivity index (χ2n) is 11.2. The van der Waals surface area contributed by atoms with Gasteiger partial charge < -0.3 is 10.3 Å². The summed E-state index contributed by atoms with van der Waals surface area (Å²) < 4.78 is 17.0. The first-order chi connectivity index (χ1) is 16.8. The number of halogens is 1. The van der Waals surface area contributed by atoms with Gasteiger partial charge in [-0.2, -0.15) is 0 Å². The van der Waals surface area contributed by atoms with Gasteiger partial charge in [0.2, 0.25) is 5.91 Å². The van der Waals surface area contributed by atoms with Gasteiger partial charge in [-0.25, -0.2) is 9.45 Å². The van der Waals surface area contributed by atoms with E-state index in [-0.39, 0.29) is 11.0 Å². The molecule has 0 saturated heterocycles. The average molecular weight is 476 g/mol. The first-order valence-corrected chi connectivity index (χ1v) is 12.5. The van der Waals surface area contributed by atoms with Gasteiger partial charge >= 0.3 is 0 Å². The highest BCUT2D eigenvalue weighted by molar-refractivity contribution is 5.97. The molecule has 1 aromatic heterocycles. The van der Waals surface area contributed by atoms with E-state index >= 15 is 4.39 Å². The van der Waals surface area contributed by atoms with Crippen molar-refractivity contribution in [2.24, 2.45) is 28.9 Å². The highest BCUT2D eigenvalue weighted by Gasteiger charge is 2.51. The normalized spacial score (nSPS) is 26.9. The van der Waals surface area contributed by atoms with Gasteiger partial charge in [-0.3, -0.25) is 14.8 Å². The molecule has 7 rings (SSSR count). The maximum atomic E-state index is 15.0. The first kappa shape index (κ1) is 22.3. The number of hydroxylamine groups is 2. The zero-order chi connectivity index (χ0) is 24.3. The van der Waals surface area contributed by atoms with Gasteiger partial charge in [-0.1, -0.05) is 6.07 Å². The first-order valence-electron chi connectivity index (χ1n) is 12.5. The number of carbonyl (C=O) groups excluding carboxylic acids is 2. The summed E-state index contributed by atoms with van der Waals surface area (Å²) in [6, 6.07) is 11.6. The molecule has 0 radical (unpaired) electrons. The number of nitrogens with two attached hydrogens (primary N) is 1. The molecular formula is C28H30FN3O3. The number of rotatable bonds is 6. The second kappa shape index (κ2) is 8.19. The summed E-state index contributed by atoms with van der Waals surface area (Å²) in [6.45, 7) is 0.695. The van der Waals surface area contributed by atoms with Gasteiger partial charge in [0.1, 0.15) is 5.82 Å². The summed E-state index contributed by atoms with van der Waals surface area (Å²) in [4.78, 5) is 24.4. The van der Waals surface area contributed by atoms with E-state index < -0.39 is 17.6 Å². The fraction of sp³-hybridized carbons (Fsp3) is 0.429. The monoisotopic (exact) mass is 475 g/mol. The van der Waals surface area contributed by atoms with Gasteiger partial charge in [0.15, 0.2) is 0 Å². The van der Waals surface area contributed by atoms with Crippen LogP contribution in [-0.4, -0.2) is 33.2 Å². The Balaban J connectivity index is 1.17. The molecule has 4 saturated carbocycles. The maximum Gasteiger partial charge on any atom is 0.280 e. The van der Waals surface area contributed by atoms with E-state index in [4.69, 9.17) is 5.73 Å². The Morgan fingerprint density at radius 2 is 1.71 bits per heavy atom. The van der Waals surface area contributed by atoms with Crippen molar-refractivity contribution in [3.63, 3.8) is 0 Å². The standard InChI is InChI=1S/C28H30FN3O3/c29-24-10-17(15-31-6-5-21-11-22(26(30)33)2-4-25(21)31)1-3-23(24)27(34)32(35)16-28-12-18-7-19(13-28)9-20(8-18)14-28/h1-6,10-11,18-20,35H,7-9,12-16H2,(H2,30,33). The maximum absolute atomic E-state index is 15.0. The third-order valence-corrected chi connectivity index (χ3v) is 8.56. The highest BCUT2D eigenvalue weighted by Crippen LogP contribution is 2.60. The van der Waals surface area contributed by atoms with E-state index in [1.54, 1.807) is 18.2 Å².